The van der Waals surface area contributed by atoms with Crippen LogP contribution in [-0.2, 0) is 16.1 Å². The molecule has 19 heavy (non-hydrogen) atoms. The van der Waals surface area contributed by atoms with E-state index in [4.69, 9.17) is 15.0 Å². The van der Waals surface area contributed by atoms with Gasteiger partial charge in [0, 0.05) is 7.11 Å². The molecule has 0 aliphatic rings. The Morgan fingerprint density at radius 2 is 2.11 bits per heavy atom. The number of alkyl halides is 4. The maximum absolute atomic E-state index is 12.5. The summed E-state index contributed by atoms with van der Waals surface area (Å²) < 4.78 is 62.6. The van der Waals surface area contributed by atoms with Crippen molar-refractivity contribution in [1.29, 1.82) is 0 Å². The lowest BCUT2D eigenvalue weighted by Crippen LogP contribution is -2.32. The van der Waals surface area contributed by atoms with Crippen molar-refractivity contribution in [2.24, 2.45) is 5.73 Å². The van der Waals surface area contributed by atoms with Crippen LogP contribution in [0.25, 0.3) is 0 Å². The van der Waals surface area contributed by atoms with Gasteiger partial charge in [-0.15, -0.1) is 0 Å². The quantitative estimate of drug-likeness (QED) is 0.722. The van der Waals surface area contributed by atoms with Crippen LogP contribution < -0.4 is 5.73 Å². The van der Waals surface area contributed by atoms with Crippen LogP contribution in [0.5, 0.6) is 0 Å². The number of aromatic nitrogens is 2. The van der Waals surface area contributed by atoms with E-state index in [1.165, 1.54) is 7.11 Å². The van der Waals surface area contributed by atoms with Crippen molar-refractivity contribution in [3.8, 4) is 0 Å². The molecule has 0 aliphatic carbocycles. The van der Waals surface area contributed by atoms with Gasteiger partial charge in [0.15, 0.2) is 5.82 Å². The third-order valence-corrected chi connectivity index (χ3v) is 1.99. The van der Waals surface area contributed by atoms with Gasteiger partial charge in [0.05, 0.1) is 6.61 Å². The fraction of sp³-hybridized carbons (Fsp3) is 0.778. The SMILES string of the molecule is COCC(N)c1nc(COCC(F)(F)C(F)F)no1. The molecule has 0 aliphatic heterocycles. The molecule has 1 aromatic heterocycles. The molecular weight excluding hydrogens is 274 g/mol. The van der Waals surface area contributed by atoms with Crippen molar-refractivity contribution >= 4 is 0 Å². The first-order chi connectivity index (χ1) is 8.86. The van der Waals surface area contributed by atoms with E-state index in [-0.39, 0.29) is 18.3 Å². The van der Waals surface area contributed by atoms with Crippen LogP contribution >= 0.6 is 0 Å². The molecule has 1 atom stereocenters. The lowest BCUT2D eigenvalue weighted by atomic mass is 10.3. The predicted molar refractivity (Wildman–Crippen MR) is 53.7 cm³/mol. The van der Waals surface area contributed by atoms with Gasteiger partial charge < -0.3 is 19.7 Å². The Hall–Kier alpha value is -1.26. The highest BCUT2D eigenvalue weighted by atomic mass is 19.3. The zero-order valence-electron chi connectivity index (χ0n) is 9.98. The van der Waals surface area contributed by atoms with Crippen molar-refractivity contribution in [3.05, 3.63) is 11.7 Å². The normalized spacial score (nSPS) is 14.1. The molecule has 0 bridgehead atoms. The molecule has 1 heterocycles. The summed E-state index contributed by atoms with van der Waals surface area (Å²) in [4.78, 5) is 3.75. The van der Waals surface area contributed by atoms with E-state index in [0.717, 1.165) is 0 Å². The summed E-state index contributed by atoms with van der Waals surface area (Å²) in [6.07, 6.45) is -3.79. The summed E-state index contributed by atoms with van der Waals surface area (Å²) in [7, 11) is 1.42. The molecule has 0 fully saturated rings. The van der Waals surface area contributed by atoms with E-state index >= 15 is 0 Å². The topological polar surface area (TPSA) is 83.4 Å². The van der Waals surface area contributed by atoms with E-state index in [2.05, 4.69) is 14.9 Å². The molecule has 0 saturated heterocycles. The number of methoxy groups -OCH3 is 1. The third-order valence-electron chi connectivity index (χ3n) is 1.99. The summed E-state index contributed by atoms with van der Waals surface area (Å²) in [6.45, 7) is -1.78. The first kappa shape index (κ1) is 15.8. The largest absolute Gasteiger partial charge is 0.383 e. The smallest absolute Gasteiger partial charge is 0.330 e. The Kier molecular flexibility index (Phi) is 5.63. The molecule has 110 valence electrons. The van der Waals surface area contributed by atoms with Gasteiger partial charge in [-0.05, 0) is 0 Å². The van der Waals surface area contributed by atoms with Gasteiger partial charge in [-0.25, -0.2) is 8.78 Å². The van der Waals surface area contributed by atoms with Crippen molar-refractivity contribution in [2.75, 3.05) is 20.3 Å². The summed E-state index contributed by atoms with van der Waals surface area (Å²) >= 11 is 0. The van der Waals surface area contributed by atoms with Crippen LogP contribution in [0.15, 0.2) is 4.52 Å². The monoisotopic (exact) mass is 287 g/mol. The van der Waals surface area contributed by atoms with Crippen LogP contribution in [0, 0.1) is 0 Å². The number of hydrogen-bond acceptors (Lipinski definition) is 6. The number of nitrogens with zero attached hydrogens (tertiary/aromatic N) is 2. The van der Waals surface area contributed by atoms with Gasteiger partial charge in [0.2, 0.25) is 5.89 Å². The fourth-order valence-corrected chi connectivity index (χ4v) is 1.07. The standard InChI is InChI=1S/C9H13F4N3O3/c1-17-2-5(14)7-15-6(16-19-7)3-18-4-9(12,13)8(10)11/h5,8H,2-4,14H2,1H3. The molecule has 1 unspecified atom stereocenters. The van der Waals surface area contributed by atoms with E-state index in [0.29, 0.717) is 0 Å². The number of nitrogens with two attached hydrogens (primary N) is 1. The van der Waals surface area contributed by atoms with Crippen LogP contribution in [-0.4, -0.2) is 42.8 Å². The average molecular weight is 287 g/mol. The van der Waals surface area contributed by atoms with Crippen LogP contribution in [0.3, 0.4) is 0 Å². The Morgan fingerprint density at radius 1 is 1.42 bits per heavy atom. The second kappa shape index (κ2) is 6.78. The van der Waals surface area contributed by atoms with Gasteiger partial charge in [-0.3, -0.25) is 0 Å². The number of halogens is 4. The van der Waals surface area contributed by atoms with E-state index < -0.39 is 31.6 Å². The average Bonchev–Trinajstić information content (AvgIpc) is 2.77. The second-order valence-electron chi connectivity index (χ2n) is 3.67. The molecule has 1 aromatic rings. The molecule has 1 rings (SSSR count). The number of hydrogen-bond donors (Lipinski definition) is 1. The summed E-state index contributed by atoms with van der Waals surface area (Å²) in [5.41, 5.74) is 5.58. The highest BCUT2D eigenvalue weighted by molar-refractivity contribution is 4.90. The van der Waals surface area contributed by atoms with E-state index in [1.54, 1.807) is 0 Å². The minimum atomic E-state index is -4.21. The molecule has 6 nitrogen and oxygen atoms in total. The fourth-order valence-electron chi connectivity index (χ4n) is 1.07. The highest BCUT2D eigenvalue weighted by Crippen LogP contribution is 2.23. The molecule has 0 aromatic carbocycles. The molecule has 10 heteroatoms. The molecular formula is C9H13F4N3O3. The van der Waals surface area contributed by atoms with Crippen LogP contribution in [0.1, 0.15) is 17.8 Å². The number of rotatable bonds is 8. The van der Waals surface area contributed by atoms with Gasteiger partial charge in [0.1, 0.15) is 19.3 Å². The molecule has 0 radical (unpaired) electrons. The Labute approximate surface area is 105 Å². The van der Waals surface area contributed by atoms with Crippen molar-refractivity contribution in [1.82, 2.24) is 10.1 Å². The van der Waals surface area contributed by atoms with E-state index in [1.807, 2.05) is 0 Å². The Balaban J connectivity index is 2.42. The summed E-state index contributed by atoms with van der Waals surface area (Å²) in [6, 6.07) is -0.659. The number of ether oxygens (including phenoxy) is 2. The van der Waals surface area contributed by atoms with Gasteiger partial charge in [-0.2, -0.15) is 13.8 Å². The maximum Gasteiger partial charge on any atom is 0.330 e. The molecule has 2 N–H and O–H groups in total. The van der Waals surface area contributed by atoms with Gasteiger partial charge in [0.25, 0.3) is 0 Å². The minimum Gasteiger partial charge on any atom is -0.383 e. The van der Waals surface area contributed by atoms with Gasteiger partial charge in [-0.1, -0.05) is 5.16 Å². The Morgan fingerprint density at radius 3 is 2.68 bits per heavy atom. The summed E-state index contributed by atoms with van der Waals surface area (Å²) in [5.74, 6) is -4.23. The highest BCUT2D eigenvalue weighted by Gasteiger charge is 2.41. The van der Waals surface area contributed by atoms with Crippen molar-refractivity contribution < 1.29 is 31.6 Å². The lowest BCUT2D eigenvalue weighted by Gasteiger charge is -2.14. The van der Waals surface area contributed by atoms with E-state index in [9.17, 15) is 17.6 Å². The Bertz CT molecular complexity index is 389. The predicted octanol–water partition coefficient (Wildman–Crippen LogP) is 1.13. The second-order valence-corrected chi connectivity index (χ2v) is 3.67. The van der Waals surface area contributed by atoms with Crippen LogP contribution in [0.2, 0.25) is 0 Å². The maximum atomic E-state index is 12.5. The first-order valence-corrected chi connectivity index (χ1v) is 5.17. The zero-order valence-corrected chi connectivity index (χ0v) is 9.98. The molecule has 0 amide bonds. The molecule has 0 spiro atoms. The third kappa shape index (κ3) is 4.73. The van der Waals surface area contributed by atoms with Crippen LogP contribution in [0.4, 0.5) is 17.6 Å². The summed E-state index contributed by atoms with van der Waals surface area (Å²) in [5, 5.41) is 3.40. The van der Waals surface area contributed by atoms with Crippen molar-refractivity contribution in [3.63, 3.8) is 0 Å². The van der Waals surface area contributed by atoms with Gasteiger partial charge >= 0.3 is 12.3 Å². The first-order valence-electron chi connectivity index (χ1n) is 5.17. The lowest BCUT2D eigenvalue weighted by molar-refractivity contribution is -0.168. The van der Waals surface area contributed by atoms with Crippen molar-refractivity contribution in [2.45, 2.75) is 25.0 Å². The minimum absolute atomic E-state index is 0.0427. The molecule has 0 saturated carbocycles. The zero-order chi connectivity index (χ0) is 14.5.